The van der Waals surface area contributed by atoms with Crippen LogP contribution in [0.25, 0.3) is 11.1 Å². The number of anilines is 1. The first-order valence-corrected chi connectivity index (χ1v) is 6.45. The van der Waals surface area contributed by atoms with Gasteiger partial charge in [0.15, 0.2) is 0 Å². The summed E-state index contributed by atoms with van der Waals surface area (Å²) >= 11 is 0. The van der Waals surface area contributed by atoms with Gasteiger partial charge in [-0.05, 0) is 17.7 Å². The number of nitrogens with zero attached hydrogens (tertiary/aromatic N) is 4. The van der Waals surface area contributed by atoms with E-state index in [1.807, 2.05) is 36.4 Å². The molecular weight excluding hydrogens is 266 g/mol. The van der Waals surface area contributed by atoms with Crippen LogP contribution in [0, 0.1) is 0 Å². The second-order valence-corrected chi connectivity index (χ2v) is 4.44. The molecule has 6 heteroatoms. The Labute approximate surface area is 121 Å². The number of hydrogen-bond donors (Lipinski definition) is 1. The SMILES string of the molecule is O=C(Cn1cncn1)Nc1ccc(-c2ccccc2)cn1. The molecule has 0 radical (unpaired) electrons. The van der Waals surface area contributed by atoms with Crippen molar-refractivity contribution in [1.29, 1.82) is 0 Å². The van der Waals surface area contributed by atoms with E-state index < -0.39 is 0 Å². The van der Waals surface area contributed by atoms with Gasteiger partial charge in [-0.1, -0.05) is 30.3 Å². The number of rotatable bonds is 4. The van der Waals surface area contributed by atoms with Crippen LogP contribution in [0.4, 0.5) is 5.82 Å². The van der Waals surface area contributed by atoms with Crippen molar-refractivity contribution >= 4 is 11.7 Å². The molecule has 0 bridgehead atoms. The average molecular weight is 279 g/mol. The maximum atomic E-state index is 11.8. The van der Waals surface area contributed by atoms with Crippen LogP contribution >= 0.6 is 0 Å². The summed E-state index contributed by atoms with van der Waals surface area (Å²) in [6.07, 6.45) is 4.62. The number of nitrogens with one attached hydrogen (secondary N) is 1. The lowest BCUT2D eigenvalue weighted by Crippen LogP contribution is -2.19. The second kappa shape index (κ2) is 5.96. The number of pyridine rings is 1. The molecule has 0 saturated heterocycles. The third kappa shape index (κ3) is 3.30. The van der Waals surface area contributed by atoms with Crippen LogP contribution in [0.1, 0.15) is 0 Å². The first-order chi connectivity index (χ1) is 10.3. The van der Waals surface area contributed by atoms with E-state index in [1.165, 1.54) is 17.3 Å². The van der Waals surface area contributed by atoms with Crippen molar-refractivity contribution < 1.29 is 4.79 Å². The third-order valence-electron chi connectivity index (χ3n) is 2.91. The molecule has 0 aliphatic heterocycles. The molecule has 1 aromatic carbocycles. The highest BCUT2D eigenvalue weighted by Crippen LogP contribution is 2.18. The lowest BCUT2D eigenvalue weighted by atomic mass is 10.1. The molecule has 0 unspecified atom stereocenters. The summed E-state index contributed by atoms with van der Waals surface area (Å²) < 4.78 is 1.45. The average Bonchev–Trinajstić information content (AvgIpc) is 3.02. The topological polar surface area (TPSA) is 72.7 Å². The van der Waals surface area contributed by atoms with Gasteiger partial charge in [-0.3, -0.25) is 4.79 Å². The maximum absolute atomic E-state index is 11.8. The van der Waals surface area contributed by atoms with Crippen LogP contribution < -0.4 is 5.32 Å². The van der Waals surface area contributed by atoms with Crippen LogP contribution in [0.3, 0.4) is 0 Å². The number of carbonyl (C=O) groups is 1. The quantitative estimate of drug-likeness (QED) is 0.792. The van der Waals surface area contributed by atoms with Crippen LogP contribution in [0.2, 0.25) is 0 Å². The summed E-state index contributed by atoms with van der Waals surface area (Å²) in [5.74, 6) is 0.320. The number of benzene rings is 1. The van der Waals surface area contributed by atoms with Gasteiger partial charge >= 0.3 is 0 Å². The molecule has 2 heterocycles. The molecule has 0 spiro atoms. The molecule has 0 saturated carbocycles. The molecule has 6 nitrogen and oxygen atoms in total. The monoisotopic (exact) mass is 279 g/mol. The van der Waals surface area contributed by atoms with Crippen LogP contribution in [-0.4, -0.2) is 25.7 Å². The minimum absolute atomic E-state index is 0.113. The highest BCUT2D eigenvalue weighted by Gasteiger charge is 2.05. The lowest BCUT2D eigenvalue weighted by molar-refractivity contribution is -0.116. The Morgan fingerprint density at radius 2 is 1.95 bits per heavy atom. The van der Waals surface area contributed by atoms with E-state index in [0.29, 0.717) is 5.82 Å². The molecule has 104 valence electrons. The van der Waals surface area contributed by atoms with E-state index in [4.69, 9.17) is 0 Å². The van der Waals surface area contributed by atoms with E-state index in [9.17, 15) is 4.79 Å². The highest BCUT2D eigenvalue weighted by atomic mass is 16.2. The minimum atomic E-state index is -0.194. The standard InChI is InChI=1S/C15H13N5O/c21-15(9-20-11-16-10-18-20)19-14-7-6-13(8-17-14)12-4-2-1-3-5-12/h1-8,10-11H,9H2,(H,17,19,21). The fraction of sp³-hybridized carbons (Fsp3) is 0.0667. The summed E-state index contributed by atoms with van der Waals surface area (Å²) in [4.78, 5) is 19.8. The predicted molar refractivity (Wildman–Crippen MR) is 78.3 cm³/mol. The van der Waals surface area contributed by atoms with E-state index >= 15 is 0 Å². The van der Waals surface area contributed by atoms with E-state index in [2.05, 4.69) is 20.4 Å². The fourth-order valence-electron chi connectivity index (χ4n) is 1.91. The molecule has 0 atom stereocenters. The minimum Gasteiger partial charge on any atom is -0.309 e. The summed E-state index contributed by atoms with van der Waals surface area (Å²) in [5.41, 5.74) is 2.09. The summed E-state index contributed by atoms with van der Waals surface area (Å²) in [6, 6.07) is 13.6. The first kappa shape index (κ1) is 13.0. The molecule has 1 N–H and O–H groups in total. The van der Waals surface area contributed by atoms with Gasteiger partial charge in [0.25, 0.3) is 0 Å². The van der Waals surface area contributed by atoms with Gasteiger partial charge in [0.05, 0.1) is 0 Å². The summed E-state index contributed by atoms with van der Waals surface area (Å²) in [5, 5.41) is 6.60. The van der Waals surface area contributed by atoms with Gasteiger partial charge in [-0.25, -0.2) is 14.6 Å². The van der Waals surface area contributed by atoms with Gasteiger partial charge in [0.1, 0.15) is 25.0 Å². The summed E-state index contributed by atoms with van der Waals surface area (Å²) in [6.45, 7) is 0.113. The smallest absolute Gasteiger partial charge is 0.247 e. The molecule has 0 fully saturated rings. The zero-order valence-electron chi connectivity index (χ0n) is 11.2. The van der Waals surface area contributed by atoms with Crippen LogP contribution in [-0.2, 0) is 11.3 Å². The molecular formula is C15H13N5O. The maximum Gasteiger partial charge on any atom is 0.247 e. The Morgan fingerprint density at radius 3 is 2.62 bits per heavy atom. The van der Waals surface area contributed by atoms with E-state index in [0.717, 1.165) is 11.1 Å². The largest absolute Gasteiger partial charge is 0.309 e. The molecule has 1 amide bonds. The van der Waals surface area contributed by atoms with Crippen molar-refractivity contribution in [3.05, 3.63) is 61.3 Å². The number of carbonyl (C=O) groups excluding carboxylic acids is 1. The van der Waals surface area contributed by atoms with Crippen molar-refractivity contribution in [2.45, 2.75) is 6.54 Å². The van der Waals surface area contributed by atoms with Crippen LogP contribution in [0.5, 0.6) is 0 Å². The zero-order valence-corrected chi connectivity index (χ0v) is 11.2. The number of hydrogen-bond acceptors (Lipinski definition) is 4. The fourth-order valence-corrected chi connectivity index (χ4v) is 1.91. The molecule has 0 aliphatic carbocycles. The Bertz CT molecular complexity index is 708. The highest BCUT2D eigenvalue weighted by molar-refractivity contribution is 5.89. The normalized spacial score (nSPS) is 10.3. The van der Waals surface area contributed by atoms with Gasteiger partial charge in [0, 0.05) is 11.8 Å². The lowest BCUT2D eigenvalue weighted by Gasteiger charge is -2.06. The zero-order chi connectivity index (χ0) is 14.5. The van der Waals surface area contributed by atoms with Crippen molar-refractivity contribution in [3.63, 3.8) is 0 Å². The molecule has 0 aliphatic rings. The number of amides is 1. The second-order valence-electron chi connectivity index (χ2n) is 4.44. The van der Waals surface area contributed by atoms with Gasteiger partial charge in [-0.2, -0.15) is 5.10 Å². The van der Waals surface area contributed by atoms with Crippen molar-refractivity contribution in [1.82, 2.24) is 19.7 Å². The first-order valence-electron chi connectivity index (χ1n) is 6.45. The van der Waals surface area contributed by atoms with Gasteiger partial charge in [-0.15, -0.1) is 0 Å². The third-order valence-corrected chi connectivity index (χ3v) is 2.91. The predicted octanol–water partition coefficient (Wildman–Crippen LogP) is 1.98. The van der Waals surface area contributed by atoms with Crippen molar-refractivity contribution in [2.75, 3.05) is 5.32 Å². The Morgan fingerprint density at radius 1 is 1.10 bits per heavy atom. The molecule has 2 aromatic heterocycles. The Kier molecular flexibility index (Phi) is 3.68. The molecule has 3 rings (SSSR count). The van der Waals surface area contributed by atoms with E-state index in [-0.39, 0.29) is 12.5 Å². The van der Waals surface area contributed by atoms with Gasteiger partial charge < -0.3 is 5.32 Å². The van der Waals surface area contributed by atoms with Crippen LogP contribution in [0.15, 0.2) is 61.3 Å². The molecule has 3 aromatic rings. The van der Waals surface area contributed by atoms with Crippen molar-refractivity contribution in [2.24, 2.45) is 0 Å². The summed E-state index contributed by atoms with van der Waals surface area (Å²) in [7, 11) is 0. The number of aromatic nitrogens is 4. The van der Waals surface area contributed by atoms with Gasteiger partial charge in [0.2, 0.25) is 5.91 Å². The Hall–Kier alpha value is -3.02. The Balaban J connectivity index is 1.66. The molecule has 21 heavy (non-hydrogen) atoms. The van der Waals surface area contributed by atoms with E-state index in [1.54, 1.807) is 12.3 Å². The van der Waals surface area contributed by atoms with Crippen molar-refractivity contribution in [3.8, 4) is 11.1 Å².